The molecule has 0 saturated heterocycles. The fourth-order valence-electron chi connectivity index (χ4n) is 2.19. The number of aliphatic hydroxyl groups is 1. The molecule has 1 N–H and O–H groups in total. The molecule has 1 aliphatic rings. The van der Waals surface area contributed by atoms with Crippen LogP contribution in [0.1, 0.15) is 17.9 Å². The molecule has 0 fully saturated rings. The molecule has 1 heterocycles. The smallest absolute Gasteiger partial charge is 0.204 e. The predicted molar refractivity (Wildman–Crippen MR) is 74.0 cm³/mol. The van der Waals surface area contributed by atoms with Gasteiger partial charge in [-0.05, 0) is 24.6 Å². The van der Waals surface area contributed by atoms with E-state index in [1.54, 1.807) is 13.2 Å². The topological polar surface area (TPSA) is 57.2 Å². The van der Waals surface area contributed by atoms with Crippen LogP contribution in [0, 0.1) is 0 Å². The van der Waals surface area contributed by atoms with Crippen LogP contribution in [0.4, 0.5) is 0 Å². The zero-order chi connectivity index (χ0) is 14.4. The van der Waals surface area contributed by atoms with Crippen molar-refractivity contribution in [3.05, 3.63) is 36.4 Å². The van der Waals surface area contributed by atoms with E-state index in [0.717, 1.165) is 11.3 Å². The van der Waals surface area contributed by atoms with Gasteiger partial charge in [0.2, 0.25) is 6.29 Å². The maximum Gasteiger partial charge on any atom is 0.204 e. The lowest BCUT2D eigenvalue weighted by molar-refractivity contribution is -0.0513. The van der Waals surface area contributed by atoms with Crippen molar-refractivity contribution in [1.29, 1.82) is 0 Å². The van der Waals surface area contributed by atoms with E-state index in [-0.39, 0.29) is 12.7 Å². The molecule has 0 amide bonds. The zero-order valence-corrected chi connectivity index (χ0v) is 11.6. The molecule has 5 heteroatoms. The lowest BCUT2D eigenvalue weighted by Crippen LogP contribution is -2.19. The molecule has 0 radical (unpaired) electrons. The van der Waals surface area contributed by atoms with Crippen LogP contribution in [0.25, 0.3) is 0 Å². The van der Waals surface area contributed by atoms with Crippen molar-refractivity contribution in [1.82, 2.24) is 0 Å². The van der Waals surface area contributed by atoms with Gasteiger partial charge in [-0.15, -0.1) is 0 Å². The summed E-state index contributed by atoms with van der Waals surface area (Å²) in [6.07, 6.45) is 1.50. The Morgan fingerprint density at radius 2 is 2.30 bits per heavy atom. The third kappa shape index (κ3) is 3.50. The number of fused-ring (bicyclic) bond motifs is 1. The van der Waals surface area contributed by atoms with Gasteiger partial charge in [0.15, 0.2) is 0 Å². The Labute approximate surface area is 118 Å². The van der Waals surface area contributed by atoms with Crippen molar-refractivity contribution in [2.45, 2.75) is 18.6 Å². The Morgan fingerprint density at radius 3 is 3.05 bits per heavy atom. The second kappa shape index (κ2) is 7.28. The van der Waals surface area contributed by atoms with Gasteiger partial charge in [-0.25, -0.2) is 0 Å². The second-order valence-electron chi connectivity index (χ2n) is 4.52. The summed E-state index contributed by atoms with van der Waals surface area (Å²) in [6.45, 7) is 4.81. The highest BCUT2D eigenvalue weighted by molar-refractivity contribution is 5.45. The molecule has 2 rings (SSSR count). The van der Waals surface area contributed by atoms with Gasteiger partial charge in [0.25, 0.3) is 0 Å². The van der Waals surface area contributed by atoms with E-state index in [4.69, 9.17) is 18.9 Å². The van der Waals surface area contributed by atoms with Crippen LogP contribution < -0.4 is 9.47 Å². The Hall–Kier alpha value is -1.56. The maximum atomic E-state index is 9.97. The molecule has 0 aromatic heterocycles. The number of ether oxygens (including phenoxy) is 4. The van der Waals surface area contributed by atoms with E-state index < -0.39 is 6.29 Å². The molecule has 0 saturated carbocycles. The summed E-state index contributed by atoms with van der Waals surface area (Å²) in [6, 6.07) is 5.53. The van der Waals surface area contributed by atoms with E-state index in [1.807, 2.05) is 18.2 Å². The van der Waals surface area contributed by atoms with Gasteiger partial charge in [0, 0.05) is 12.7 Å². The third-order valence-corrected chi connectivity index (χ3v) is 3.11. The Balaban J connectivity index is 2.02. The number of rotatable bonds is 8. The van der Waals surface area contributed by atoms with Gasteiger partial charge in [-0.3, -0.25) is 0 Å². The third-order valence-electron chi connectivity index (χ3n) is 3.11. The number of hydrogen-bond donors (Lipinski definition) is 1. The average molecular weight is 280 g/mol. The van der Waals surface area contributed by atoms with Gasteiger partial charge >= 0.3 is 0 Å². The monoisotopic (exact) mass is 280 g/mol. The Kier molecular flexibility index (Phi) is 5.40. The van der Waals surface area contributed by atoms with Crippen molar-refractivity contribution < 1.29 is 24.1 Å². The van der Waals surface area contributed by atoms with Crippen LogP contribution in [0.5, 0.6) is 11.5 Å². The lowest BCUT2D eigenvalue weighted by atomic mass is 9.97. The van der Waals surface area contributed by atoms with Crippen LogP contribution in [0.15, 0.2) is 30.9 Å². The molecule has 0 unspecified atom stereocenters. The van der Waals surface area contributed by atoms with Crippen molar-refractivity contribution in [2.75, 3.05) is 27.1 Å². The molecule has 5 nitrogen and oxygen atoms in total. The number of methoxy groups -OCH3 is 1. The molecule has 2 atom stereocenters. The number of benzene rings is 1. The van der Waals surface area contributed by atoms with E-state index in [2.05, 4.69) is 6.58 Å². The number of aliphatic hydroxyl groups excluding tert-OH is 1. The quantitative estimate of drug-likeness (QED) is 0.449. The summed E-state index contributed by atoms with van der Waals surface area (Å²) in [5.74, 6) is 1.32. The predicted octanol–water partition coefficient (Wildman–Crippen LogP) is 2.06. The summed E-state index contributed by atoms with van der Waals surface area (Å²) in [5.41, 5.74) is 0.945. The SMILES string of the molecule is C=CCOc1ccc2c(c1)[C@H](CCOCOC)[C@@H](O)O2. The largest absolute Gasteiger partial charge is 0.490 e. The highest BCUT2D eigenvalue weighted by Crippen LogP contribution is 2.41. The fraction of sp³-hybridized carbons (Fsp3) is 0.467. The first-order chi connectivity index (χ1) is 9.76. The van der Waals surface area contributed by atoms with Crippen molar-refractivity contribution in [2.24, 2.45) is 0 Å². The van der Waals surface area contributed by atoms with Gasteiger partial charge in [0.1, 0.15) is 24.9 Å². The molecule has 110 valence electrons. The second-order valence-corrected chi connectivity index (χ2v) is 4.52. The molecule has 0 spiro atoms. The molecule has 1 aromatic carbocycles. The first kappa shape index (κ1) is 14.8. The van der Waals surface area contributed by atoms with Crippen molar-refractivity contribution in [3.63, 3.8) is 0 Å². The Bertz CT molecular complexity index is 446. The molecule has 1 aromatic rings. The van der Waals surface area contributed by atoms with Crippen LogP contribution >= 0.6 is 0 Å². The van der Waals surface area contributed by atoms with E-state index >= 15 is 0 Å². The van der Waals surface area contributed by atoms with Crippen molar-refractivity contribution >= 4 is 0 Å². The molecule has 1 aliphatic heterocycles. The summed E-state index contributed by atoms with van der Waals surface area (Å²) >= 11 is 0. The van der Waals surface area contributed by atoms with E-state index in [0.29, 0.717) is 25.4 Å². The lowest BCUT2D eigenvalue weighted by Gasteiger charge is -2.13. The average Bonchev–Trinajstić information content (AvgIpc) is 2.77. The highest BCUT2D eigenvalue weighted by Gasteiger charge is 2.33. The van der Waals surface area contributed by atoms with Crippen LogP contribution in [-0.2, 0) is 9.47 Å². The Morgan fingerprint density at radius 1 is 1.45 bits per heavy atom. The summed E-state index contributed by atoms with van der Waals surface area (Å²) in [4.78, 5) is 0. The van der Waals surface area contributed by atoms with Gasteiger partial charge in [0.05, 0.1) is 12.5 Å². The maximum absolute atomic E-state index is 9.97. The van der Waals surface area contributed by atoms with Crippen LogP contribution in [0.3, 0.4) is 0 Å². The highest BCUT2D eigenvalue weighted by atomic mass is 16.7. The molecule has 20 heavy (non-hydrogen) atoms. The summed E-state index contributed by atoms with van der Waals surface area (Å²) < 4.78 is 21.0. The van der Waals surface area contributed by atoms with E-state index in [1.165, 1.54) is 0 Å². The van der Waals surface area contributed by atoms with Gasteiger partial charge in [-0.2, -0.15) is 0 Å². The van der Waals surface area contributed by atoms with Crippen LogP contribution in [-0.4, -0.2) is 38.5 Å². The van der Waals surface area contributed by atoms with Gasteiger partial charge in [-0.1, -0.05) is 12.7 Å². The fourth-order valence-corrected chi connectivity index (χ4v) is 2.19. The standard InChI is InChI=1S/C15H20O5/c1-3-7-19-11-4-5-14-13(9-11)12(15(16)20-14)6-8-18-10-17-2/h3-5,9,12,15-16H,1,6-8,10H2,2H3/t12-,15-/m0/s1. The minimum atomic E-state index is -0.842. The summed E-state index contributed by atoms with van der Waals surface area (Å²) in [5, 5.41) is 9.97. The first-order valence-electron chi connectivity index (χ1n) is 6.55. The van der Waals surface area contributed by atoms with Gasteiger partial charge < -0.3 is 24.1 Å². The van der Waals surface area contributed by atoms with E-state index in [9.17, 15) is 5.11 Å². The normalized spacial score (nSPS) is 20.3. The molecule has 0 aliphatic carbocycles. The van der Waals surface area contributed by atoms with Crippen LogP contribution in [0.2, 0.25) is 0 Å². The number of hydrogen-bond acceptors (Lipinski definition) is 5. The summed E-state index contributed by atoms with van der Waals surface area (Å²) in [7, 11) is 1.58. The molecular weight excluding hydrogens is 260 g/mol. The zero-order valence-electron chi connectivity index (χ0n) is 11.6. The van der Waals surface area contributed by atoms with Crippen molar-refractivity contribution in [3.8, 4) is 11.5 Å². The minimum absolute atomic E-state index is 0.117. The first-order valence-corrected chi connectivity index (χ1v) is 6.55. The molecular formula is C15H20O5. The minimum Gasteiger partial charge on any atom is -0.490 e. The molecule has 0 bridgehead atoms.